The van der Waals surface area contributed by atoms with Crippen molar-refractivity contribution in [2.24, 2.45) is 0 Å². The normalized spacial score (nSPS) is 9.82. The van der Waals surface area contributed by atoms with Gasteiger partial charge in [0.15, 0.2) is 0 Å². The number of carbonyl (C=O) groups is 2. The van der Waals surface area contributed by atoms with Crippen LogP contribution in [-0.2, 0) is 9.53 Å². The number of ether oxygens (including phenoxy) is 1. The number of methoxy groups -OCH3 is 1. The highest BCUT2D eigenvalue weighted by molar-refractivity contribution is 6.33. The fourth-order valence-electron chi connectivity index (χ4n) is 1.23. The Morgan fingerprint density at radius 2 is 2.12 bits per heavy atom. The topological polar surface area (TPSA) is 67.4 Å². The number of benzene rings is 1. The molecule has 0 bridgehead atoms. The van der Waals surface area contributed by atoms with E-state index in [0.29, 0.717) is 5.69 Å². The molecular weight excluding hydrogens is 244 g/mol. The molecule has 0 saturated heterocycles. The van der Waals surface area contributed by atoms with Crippen LogP contribution in [0.5, 0.6) is 0 Å². The maximum atomic E-state index is 11.3. The lowest BCUT2D eigenvalue weighted by molar-refractivity contribution is -0.115. The quantitative estimate of drug-likeness (QED) is 0.797. The number of carbonyl (C=O) groups excluding carboxylic acids is 2. The molecule has 92 valence electrons. The van der Waals surface area contributed by atoms with Crippen molar-refractivity contribution in [1.29, 1.82) is 0 Å². The third-order valence-electron chi connectivity index (χ3n) is 2.00. The molecule has 6 heteroatoms. The number of likely N-dealkylation sites (N-methyl/N-ethyl adjacent to an activating group) is 1. The molecule has 0 atom stereocenters. The first-order valence-corrected chi connectivity index (χ1v) is 5.28. The zero-order chi connectivity index (χ0) is 12.8. The number of halogens is 1. The minimum Gasteiger partial charge on any atom is -0.465 e. The SMILES string of the molecule is CNCC(=O)Nc1ccc(C(=O)OC)c(Cl)c1. The molecule has 0 saturated carbocycles. The second-order valence-electron chi connectivity index (χ2n) is 3.26. The van der Waals surface area contributed by atoms with E-state index in [-0.39, 0.29) is 23.0 Å². The summed E-state index contributed by atoms with van der Waals surface area (Å²) in [4.78, 5) is 22.6. The van der Waals surface area contributed by atoms with Crippen molar-refractivity contribution in [1.82, 2.24) is 5.32 Å². The third-order valence-corrected chi connectivity index (χ3v) is 2.31. The number of amides is 1. The summed E-state index contributed by atoms with van der Waals surface area (Å²) in [6.45, 7) is 0.205. The Hall–Kier alpha value is -1.59. The van der Waals surface area contributed by atoms with E-state index in [2.05, 4.69) is 15.4 Å². The number of hydrogen-bond donors (Lipinski definition) is 2. The Morgan fingerprint density at radius 1 is 1.41 bits per heavy atom. The molecule has 0 aliphatic rings. The lowest BCUT2D eigenvalue weighted by atomic mass is 10.2. The first kappa shape index (κ1) is 13.5. The zero-order valence-electron chi connectivity index (χ0n) is 9.54. The lowest BCUT2D eigenvalue weighted by Crippen LogP contribution is -2.25. The Kier molecular flexibility index (Phi) is 4.93. The third kappa shape index (κ3) is 3.72. The standard InChI is InChI=1S/C11H13ClN2O3/c1-13-6-10(15)14-7-3-4-8(9(12)5-7)11(16)17-2/h3-5,13H,6H2,1-2H3,(H,14,15). The van der Waals surface area contributed by atoms with Crippen molar-refractivity contribution in [2.75, 3.05) is 26.0 Å². The molecule has 1 aromatic rings. The van der Waals surface area contributed by atoms with Crippen LogP contribution in [0.25, 0.3) is 0 Å². The summed E-state index contributed by atoms with van der Waals surface area (Å²) in [5.74, 6) is -0.697. The first-order valence-electron chi connectivity index (χ1n) is 4.90. The number of hydrogen-bond acceptors (Lipinski definition) is 4. The van der Waals surface area contributed by atoms with Crippen LogP contribution in [0.4, 0.5) is 5.69 Å². The van der Waals surface area contributed by atoms with Gasteiger partial charge in [-0.1, -0.05) is 11.6 Å². The molecule has 0 unspecified atom stereocenters. The van der Waals surface area contributed by atoms with Gasteiger partial charge in [0.25, 0.3) is 0 Å². The average molecular weight is 257 g/mol. The van der Waals surface area contributed by atoms with Crippen LogP contribution in [0.2, 0.25) is 5.02 Å². The van der Waals surface area contributed by atoms with Gasteiger partial charge in [-0.15, -0.1) is 0 Å². The predicted octanol–water partition coefficient (Wildman–Crippen LogP) is 1.28. The van der Waals surface area contributed by atoms with Gasteiger partial charge >= 0.3 is 5.97 Å². The van der Waals surface area contributed by atoms with Gasteiger partial charge in [0.1, 0.15) is 0 Å². The summed E-state index contributed by atoms with van der Waals surface area (Å²) in [6, 6.07) is 4.59. The molecule has 1 aromatic carbocycles. The maximum Gasteiger partial charge on any atom is 0.339 e. The van der Waals surface area contributed by atoms with Crippen molar-refractivity contribution < 1.29 is 14.3 Å². The summed E-state index contributed by atoms with van der Waals surface area (Å²) in [7, 11) is 2.95. The van der Waals surface area contributed by atoms with Gasteiger partial charge in [0.05, 0.1) is 24.2 Å². The Labute approximate surface area is 104 Å². The fraction of sp³-hybridized carbons (Fsp3) is 0.273. The van der Waals surface area contributed by atoms with Crippen LogP contribution in [0.3, 0.4) is 0 Å². The highest BCUT2D eigenvalue weighted by Crippen LogP contribution is 2.21. The number of esters is 1. The smallest absolute Gasteiger partial charge is 0.339 e. The van der Waals surface area contributed by atoms with Gasteiger partial charge in [-0.2, -0.15) is 0 Å². The molecule has 17 heavy (non-hydrogen) atoms. The predicted molar refractivity (Wildman–Crippen MR) is 65.3 cm³/mol. The van der Waals surface area contributed by atoms with Crippen molar-refractivity contribution in [2.45, 2.75) is 0 Å². The molecule has 0 radical (unpaired) electrons. The Balaban J connectivity index is 2.82. The molecule has 2 N–H and O–H groups in total. The van der Waals surface area contributed by atoms with Gasteiger partial charge in [-0.3, -0.25) is 4.79 Å². The largest absolute Gasteiger partial charge is 0.465 e. The van der Waals surface area contributed by atoms with E-state index in [0.717, 1.165) is 0 Å². The highest BCUT2D eigenvalue weighted by atomic mass is 35.5. The van der Waals surface area contributed by atoms with E-state index in [4.69, 9.17) is 11.6 Å². The molecule has 0 aliphatic carbocycles. The Bertz CT molecular complexity index is 435. The van der Waals surface area contributed by atoms with Crippen LogP contribution >= 0.6 is 11.6 Å². The van der Waals surface area contributed by atoms with E-state index in [1.807, 2.05) is 0 Å². The first-order chi connectivity index (χ1) is 8.08. The summed E-state index contributed by atoms with van der Waals surface area (Å²) in [5, 5.41) is 5.59. The minimum atomic E-state index is -0.511. The number of nitrogens with one attached hydrogen (secondary N) is 2. The summed E-state index contributed by atoms with van der Waals surface area (Å²) < 4.78 is 4.56. The summed E-state index contributed by atoms with van der Waals surface area (Å²) in [5.41, 5.74) is 0.795. The van der Waals surface area contributed by atoms with Crippen LogP contribution in [0.1, 0.15) is 10.4 Å². The molecule has 0 spiro atoms. The molecule has 0 aliphatic heterocycles. The molecule has 0 aromatic heterocycles. The van der Waals surface area contributed by atoms with E-state index in [1.165, 1.54) is 19.2 Å². The average Bonchev–Trinajstić information content (AvgIpc) is 2.28. The van der Waals surface area contributed by atoms with E-state index in [9.17, 15) is 9.59 Å². The second-order valence-corrected chi connectivity index (χ2v) is 3.67. The van der Waals surface area contributed by atoms with Crippen molar-refractivity contribution in [3.63, 3.8) is 0 Å². The zero-order valence-corrected chi connectivity index (χ0v) is 10.3. The monoisotopic (exact) mass is 256 g/mol. The molecular formula is C11H13ClN2O3. The molecule has 5 nitrogen and oxygen atoms in total. The van der Waals surface area contributed by atoms with Crippen molar-refractivity contribution in [3.8, 4) is 0 Å². The van der Waals surface area contributed by atoms with Crippen molar-refractivity contribution in [3.05, 3.63) is 28.8 Å². The molecule has 1 amide bonds. The highest BCUT2D eigenvalue weighted by Gasteiger charge is 2.11. The lowest BCUT2D eigenvalue weighted by Gasteiger charge is -2.07. The van der Waals surface area contributed by atoms with Crippen LogP contribution in [0, 0.1) is 0 Å². The summed E-state index contributed by atoms with van der Waals surface area (Å²) >= 11 is 5.90. The number of rotatable bonds is 4. The van der Waals surface area contributed by atoms with Gasteiger partial charge in [-0.05, 0) is 25.2 Å². The molecule has 0 fully saturated rings. The van der Waals surface area contributed by atoms with E-state index in [1.54, 1.807) is 13.1 Å². The fourth-order valence-corrected chi connectivity index (χ4v) is 1.49. The Morgan fingerprint density at radius 3 is 2.65 bits per heavy atom. The number of anilines is 1. The van der Waals surface area contributed by atoms with Gasteiger partial charge < -0.3 is 15.4 Å². The van der Waals surface area contributed by atoms with Crippen LogP contribution < -0.4 is 10.6 Å². The van der Waals surface area contributed by atoms with Gasteiger partial charge in [0, 0.05) is 5.69 Å². The molecule has 1 rings (SSSR count). The van der Waals surface area contributed by atoms with Crippen molar-refractivity contribution >= 4 is 29.2 Å². The minimum absolute atomic E-state index is 0.186. The van der Waals surface area contributed by atoms with E-state index < -0.39 is 5.97 Å². The van der Waals surface area contributed by atoms with Crippen LogP contribution in [0.15, 0.2) is 18.2 Å². The molecule has 0 heterocycles. The maximum absolute atomic E-state index is 11.3. The van der Waals surface area contributed by atoms with Crippen LogP contribution in [-0.4, -0.2) is 32.6 Å². The van der Waals surface area contributed by atoms with Gasteiger partial charge in [-0.25, -0.2) is 4.79 Å². The summed E-state index contributed by atoms with van der Waals surface area (Å²) in [6.07, 6.45) is 0. The van der Waals surface area contributed by atoms with E-state index >= 15 is 0 Å². The van der Waals surface area contributed by atoms with Gasteiger partial charge in [0.2, 0.25) is 5.91 Å². The second kappa shape index (κ2) is 6.22.